The highest BCUT2D eigenvalue weighted by Gasteiger charge is 2.08. The molecule has 0 aromatic rings. The van der Waals surface area contributed by atoms with Gasteiger partial charge in [0, 0.05) is 0 Å². The number of aliphatic hydroxyl groups excluding tert-OH is 1. The van der Waals surface area contributed by atoms with Gasteiger partial charge in [0.15, 0.2) is 0 Å². The summed E-state index contributed by atoms with van der Waals surface area (Å²) in [6.45, 7) is 5.77. The average Bonchev–Trinajstić information content (AvgIpc) is 2.24. The zero-order valence-corrected chi connectivity index (χ0v) is 9.61. The summed E-state index contributed by atoms with van der Waals surface area (Å²) in [5.74, 6) is 0. The summed E-state index contributed by atoms with van der Waals surface area (Å²) < 4.78 is 0. The molecule has 0 amide bonds. The Morgan fingerprint density at radius 2 is 2.13 bits per heavy atom. The lowest BCUT2D eigenvalue weighted by Gasteiger charge is -2.12. The zero-order valence-electron chi connectivity index (χ0n) is 9.61. The Hall–Kier alpha value is -0.890. The van der Waals surface area contributed by atoms with Crippen molar-refractivity contribution in [1.29, 1.82) is 0 Å². The van der Waals surface area contributed by atoms with Gasteiger partial charge in [-0.15, -0.1) is 6.58 Å². The minimum absolute atomic E-state index is 0.481. The number of hydrogen-bond donors (Lipinski definition) is 1. The van der Waals surface area contributed by atoms with E-state index in [1.807, 2.05) is 0 Å². The topological polar surface area (TPSA) is 37.3 Å². The van der Waals surface area contributed by atoms with Gasteiger partial charge in [0.2, 0.25) is 0 Å². The molecule has 0 aliphatic heterocycles. The summed E-state index contributed by atoms with van der Waals surface area (Å²) in [5, 5.41) is 9.80. The standard InChI is InChI=1S/C13H22O2/c1-3-5-6-7-9-13(15)12(8-4-2)10-11-14/h4,10-11,13,15H,2-3,5-9H2,1H3/b12-10-. The van der Waals surface area contributed by atoms with E-state index in [4.69, 9.17) is 0 Å². The van der Waals surface area contributed by atoms with Crippen molar-refractivity contribution >= 4 is 6.29 Å². The maximum Gasteiger partial charge on any atom is 0.142 e. The molecule has 1 atom stereocenters. The molecule has 0 heterocycles. The molecule has 2 heteroatoms. The van der Waals surface area contributed by atoms with Gasteiger partial charge in [0.05, 0.1) is 6.10 Å². The van der Waals surface area contributed by atoms with Crippen molar-refractivity contribution in [2.24, 2.45) is 0 Å². The summed E-state index contributed by atoms with van der Waals surface area (Å²) in [6.07, 6.45) is 9.32. The SMILES string of the molecule is C=CC/C(=C/C=O)C(O)CCCCCC. The van der Waals surface area contributed by atoms with E-state index in [1.54, 1.807) is 6.08 Å². The number of carbonyl (C=O) groups is 1. The third-order valence-electron chi connectivity index (χ3n) is 2.42. The molecule has 15 heavy (non-hydrogen) atoms. The Labute approximate surface area is 92.7 Å². The van der Waals surface area contributed by atoms with Crippen LogP contribution in [-0.2, 0) is 4.79 Å². The van der Waals surface area contributed by atoms with Crippen molar-refractivity contribution in [3.05, 3.63) is 24.3 Å². The predicted molar refractivity (Wildman–Crippen MR) is 63.7 cm³/mol. The maximum absolute atomic E-state index is 10.3. The summed E-state index contributed by atoms with van der Waals surface area (Å²) in [4.78, 5) is 10.3. The molecule has 1 N–H and O–H groups in total. The van der Waals surface area contributed by atoms with Crippen LogP contribution in [-0.4, -0.2) is 17.5 Å². The van der Waals surface area contributed by atoms with Gasteiger partial charge < -0.3 is 5.11 Å². The normalized spacial score (nSPS) is 13.6. The Bertz CT molecular complexity index is 207. The van der Waals surface area contributed by atoms with Crippen molar-refractivity contribution in [3.8, 4) is 0 Å². The molecule has 0 radical (unpaired) electrons. The second-order valence-corrected chi connectivity index (χ2v) is 3.74. The Morgan fingerprint density at radius 1 is 1.40 bits per heavy atom. The van der Waals surface area contributed by atoms with Crippen LogP contribution in [0.5, 0.6) is 0 Å². The van der Waals surface area contributed by atoms with Crippen molar-refractivity contribution < 1.29 is 9.90 Å². The van der Waals surface area contributed by atoms with Gasteiger partial charge in [-0.3, -0.25) is 4.79 Å². The van der Waals surface area contributed by atoms with Crippen LogP contribution >= 0.6 is 0 Å². The smallest absolute Gasteiger partial charge is 0.142 e. The molecule has 0 bridgehead atoms. The van der Waals surface area contributed by atoms with E-state index in [-0.39, 0.29) is 0 Å². The number of aliphatic hydroxyl groups is 1. The monoisotopic (exact) mass is 210 g/mol. The molecule has 2 nitrogen and oxygen atoms in total. The van der Waals surface area contributed by atoms with Crippen LogP contribution in [0.15, 0.2) is 24.3 Å². The molecule has 86 valence electrons. The van der Waals surface area contributed by atoms with Crippen LogP contribution in [0.1, 0.15) is 45.4 Å². The van der Waals surface area contributed by atoms with Crippen molar-refractivity contribution in [2.45, 2.75) is 51.6 Å². The molecule has 0 saturated carbocycles. The molecule has 0 aliphatic rings. The van der Waals surface area contributed by atoms with E-state index < -0.39 is 6.10 Å². The number of aldehydes is 1. The van der Waals surface area contributed by atoms with Crippen LogP contribution in [0.2, 0.25) is 0 Å². The highest BCUT2D eigenvalue weighted by Crippen LogP contribution is 2.14. The van der Waals surface area contributed by atoms with E-state index >= 15 is 0 Å². The maximum atomic E-state index is 10.3. The number of hydrogen-bond acceptors (Lipinski definition) is 2. The van der Waals surface area contributed by atoms with Gasteiger partial charge in [-0.05, 0) is 24.5 Å². The van der Waals surface area contributed by atoms with Gasteiger partial charge in [-0.2, -0.15) is 0 Å². The molecular formula is C13H22O2. The van der Waals surface area contributed by atoms with E-state index in [2.05, 4.69) is 13.5 Å². The van der Waals surface area contributed by atoms with Gasteiger partial charge in [-0.25, -0.2) is 0 Å². The summed E-state index contributed by atoms with van der Waals surface area (Å²) in [7, 11) is 0. The van der Waals surface area contributed by atoms with Crippen molar-refractivity contribution in [3.63, 3.8) is 0 Å². The van der Waals surface area contributed by atoms with E-state index in [9.17, 15) is 9.90 Å². The largest absolute Gasteiger partial charge is 0.389 e. The van der Waals surface area contributed by atoms with Crippen LogP contribution in [0, 0.1) is 0 Å². The van der Waals surface area contributed by atoms with Gasteiger partial charge in [0.1, 0.15) is 6.29 Å². The van der Waals surface area contributed by atoms with Gasteiger partial charge >= 0.3 is 0 Å². The average molecular weight is 210 g/mol. The number of allylic oxidation sites excluding steroid dienone is 2. The first kappa shape index (κ1) is 14.1. The molecule has 0 aliphatic carbocycles. The quantitative estimate of drug-likeness (QED) is 0.275. The third-order valence-corrected chi connectivity index (χ3v) is 2.42. The Morgan fingerprint density at radius 3 is 2.67 bits per heavy atom. The van der Waals surface area contributed by atoms with Crippen LogP contribution < -0.4 is 0 Å². The highest BCUT2D eigenvalue weighted by atomic mass is 16.3. The molecule has 0 fully saturated rings. The van der Waals surface area contributed by atoms with E-state index in [0.29, 0.717) is 6.42 Å². The lowest BCUT2D eigenvalue weighted by atomic mass is 10.00. The molecular weight excluding hydrogens is 188 g/mol. The molecule has 0 aromatic carbocycles. The second kappa shape index (κ2) is 9.66. The summed E-state index contributed by atoms with van der Waals surface area (Å²) in [5.41, 5.74) is 0.775. The molecule has 0 spiro atoms. The highest BCUT2D eigenvalue weighted by molar-refractivity contribution is 5.66. The first-order valence-corrected chi connectivity index (χ1v) is 5.69. The molecule has 1 unspecified atom stereocenters. The summed E-state index contributed by atoms with van der Waals surface area (Å²) in [6, 6.07) is 0. The summed E-state index contributed by atoms with van der Waals surface area (Å²) >= 11 is 0. The van der Waals surface area contributed by atoms with E-state index in [0.717, 1.165) is 31.1 Å². The first-order chi connectivity index (χ1) is 7.26. The lowest BCUT2D eigenvalue weighted by Crippen LogP contribution is -2.10. The molecule has 0 aromatic heterocycles. The second-order valence-electron chi connectivity index (χ2n) is 3.74. The van der Waals surface area contributed by atoms with Crippen LogP contribution in [0.25, 0.3) is 0 Å². The number of unbranched alkanes of at least 4 members (excludes halogenated alkanes) is 3. The Balaban J connectivity index is 3.91. The fourth-order valence-corrected chi connectivity index (χ4v) is 1.52. The molecule has 0 saturated heterocycles. The van der Waals surface area contributed by atoms with Crippen molar-refractivity contribution in [1.82, 2.24) is 0 Å². The molecule has 0 rings (SSSR count). The fraction of sp³-hybridized carbons (Fsp3) is 0.615. The first-order valence-electron chi connectivity index (χ1n) is 5.69. The lowest BCUT2D eigenvalue weighted by molar-refractivity contribution is -0.104. The predicted octanol–water partition coefficient (Wildman–Crippen LogP) is 3.02. The minimum Gasteiger partial charge on any atom is -0.389 e. The number of rotatable bonds is 9. The third kappa shape index (κ3) is 7.09. The van der Waals surface area contributed by atoms with E-state index in [1.165, 1.54) is 18.9 Å². The fourth-order valence-electron chi connectivity index (χ4n) is 1.52. The number of carbonyl (C=O) groups excluding carboxylic acids is 1. The van der Waals surface area contributed by atoms with Gasteiger partial charge in [-0.1, -0.05) is 38.7 Å². The minimum atomic E-state index is -0.481. The zero-order chi connectivity index (χ0) is 11.5. The van der Waals surface area contributed by atoms with Crippen LogP contribution in [0.3, 0.4) is 0 Å². The van der Waals surface area contributed by atoms with Gasteiger partial charge in [0.25, 0.3) is 0 Å². The Kier molecular flexibility index (Phi) is 9.08. The van der Waals surface area contributed by atoms with Crippen LogP contribution in [0.4, 0.5) is 0 Å². The van der Waals surface area contributed by atoms with Crippen molar-refractivity contribution in [2.75, 3.05) is 0 Å².